The van der Waals surface area contributed by atoms with Gasteiger partial charge in [0.1, 0.15) is 5.60 Å². The average Bonchev–Trinajstić information content (AvgIpc) is 2.75. The van der Waals surface area contributed by atoms with Crippen molar-refractivity contribution in [3.63, 3.8) is 0 Å². The molecule has 5 nitrogen and oxygen atoms in total. The number of amides is 1. The molecule has 1 aromatic rings. The second-order valence-electron chi connectivity index (χ2n) is 5.56. The molecule has 0 spiro atoms. The van der Waals surface area contributed by atoms with Crippen LogP contribution in [0, 0.1) is 11.8 Å². The molecule has 0 saturated heterocycles. The Morgan fingerprint density at radius 3 is 2.85 bits per heavy atom. The summed E-state index contributed by atoms with van der Waals surface area (Å²) in [6.45, 7) is 10.0. The van der Waals surface area contributed by atoms with Crippen LogP contribution in [0.1, 0.15) is 52.8 Å². The molecule has 0 bridgehead atoms. The molecular weight excluding hydrogens is 254 g/mol. The number of alkyl carbamates (subject to hydrolysis) is 1. The van der Waals surface area contributed by atoms with Crippen molar-refractivity contribution in [2.75, 3.05) is 0 Å². The third kappa shape index (κ3) is 5.35. The van der Waals surface area contributed by atoms with Crippen LogP contribution in [-0.4, -0.2) is 21.2 Å². The molecule has 1 rings (SSSR count). The van der Waals surface area contributed by atoms with E-state index in [4.69, 9.17) is 4.74 Å². The zero-order chi connectivity index (χ0) is 15.2. The van der Waals surface area contributed by atoms with Crippen LogP contribution in [-0.2, 0) is 11.3 Å². The topological polar surface area (TPSA) is 56.2 Å². The van der Waals surface area contributed by atoms with Gasteiger partial charge in [0.25, 0.3) is 0 Å². The van der Waals surface area contributed by atoms with E-state index in [1.165, 1.54) is 0 Å². The summed E-state index contributed by atoms with van der Waals surface area (Å²) in [7, 11) is 0. The number of aromatic nitrogens is 2. The summed E-state index contributed by atoms with van der Waals surface area (Å²) in [4.78, 5) is 15.9. The number of nitrogens with zero attached hydrogens (tertiary/aromatic N) is 2. The lowest BCUT2D eigenvalue weighted by Gasteiger charge is -2.22. The van der Waals surface area contributed by atoms with Crippen LogP contribution in [0.2, 0.25) is 0 Å². The standard InChI is InChI=1S/C15H23N3O2/c1-6-7-8-9-18-11-16-10-13(18)12(2)17-14(19)20-15(3,4)5/h10-12H,8-9H2,1-5H3,(H,17,19). The van der Waals surface area contributed by atoms with Crippen LogP contribution in [0.15, 0.2) is 12.5 Å². The minimum Gasteiger partial charge on any atom is -0.444 e. The van der Waals surface area contributed by atoms with Gasteiger partial charge in [0.05, 0.1) is 24.3 Å². The van der Waals surface area contributed by atoms with E-state index in [9.17, 15) is 4.79 Å². The van der Waals surface area contributed by atoms with Crippen molar-refractivity contribution in [3.05, 3.63) is 18.2 Å². The first kappa shape index (κ1) is 16.1. The van der Waals surface area contributed by atoms with Crippen molar-refractivity contribution >= 4 is 6.09 Å². The van der Waals surface area contributed by atoms with Crippen molar-refractivity contribution in [1.29, 1.82) is 0 Å². The van der Waals surface area contributed by atoms with Crippen molar-refractivity contribution in [3.8, 4) is 11.8 Å². The van der Waals surface area contributed by atoms with Gasteiger partial charge in [-0.2, -0.15) is 0 Å². The van der Waals surface area contributed by atoms with Crippen molar-refractivity contribution in [2.24, 2.45) is 0 Å². The minimum absolute atomic E-state index is 0.165. The molecule has 0 aliphatic heterocycles. The van der Waals surface area contributed by atoms with Gasteiger partial charge in [-0.05, 0) is 34.6 Å². The molecule has 0 aliphatic carbocycles. The SMILES string of the molecule is CC#CCCn1cncc1C(C)NC(=O)OC(C)(C)C. The lowest BCUT2D eigenvalue weighted by Crippen LogP contribution is -2.34. The molecule has 110 valence electrons. The summed E-state index contributed by atoms with van der Waals surface area (Å²) in [5, 5.41) is 2.81. The second kappa shape index (κ2) is 6.99. The normalized spacial score (nSPS) is 12.2. The third-order valence-corrected chi connectivity index (χ3v) is 2.58. The van der Waals surface area contributed by atoms with Crippen LogP contribution >= 0.6 is 0 Å². The zero-order valence-corrected chi connectivity index (χ0v) is 12.9. The van der Waals surface area contributed by atoms with Gasteiger partial charge in [0.2, 0.25) is 0 Å². The van der Waals surface area contributed by atoms with Crippen LogP contribution in [0.4, 0.5) is 4.79 Å². The molecule has 1 atom stereocenters. The number of ether oxygens (including phenoxy) is 1. The maximum absolute atomic E-state index is 11.8. The first-order chi connectivity index (χ1) is 9.33. The summed E-state index contributed by atoms with van der Waals surface area (Å²) in [6.07, 6.45) is 3.84. The first-order valence-electron chi connectivity index (χ1n) is 6.72. The summed E-state index contributed by atoms with van der Waals surface area (Å²) >= 11 is 0. The Kier molecular flexibility index (Phi) is 5.63. The number of hydrogen-bond donors (Lipinski definition) is 1. The van der Waals surface area contributed by atoms with Crippen LogP contribution < -0.4 is 5.32 Å². The molecule has 0 saturated carbocycles. The molecule has 20 heavy (non-hydrogen) atoms. The summed E-state index contributed by atoms with van der Waals surface area (Å²) in [5.41, 5.74) is 0.439. The highest BCUT2D eigenvalue weighted by molar-refractivity contribution is 5.68. The van der Waals surface area contributed by atoms with Crippen LogP contribution in [0.5, 0.6) is 0 Å². The molecule has 0 aromatic carbocycles. The lowest BCUT2D eigenvalue weighted by molar-refractivity contribution is 0.0506. The molecule has 0 fully saturated rings. The first-order valence-corrected chi connectivity index (χ1v) is 6.72. The molecule has 1 amide bonds. The van der Waals surface area contributed by atoms with E-state index in [2.05, 4.69) is 22.1 Å². The second-order valence-corrected chi connectivity index (χ2v) is 5.56. The lowest BCUT2D eigenvalue weighted by atomic mass is 10.2. The maximum Gasteiger partial charge on any atom is 0.408 e. The Morgan fingerprint density at radius 1 is 1.55 bits per heavy atom. The fraction of sp³-hybridized carbons (Fsp3) is 0.600. The highest BCUT2D eigenvalue weighted by Gasteiger charge is 2.19. The van der Waals surface area contributed by atoms with E-state index in [1.807, 2.05) is 39.2 Å². The Balaban J connectivity index is 2.63. The largest absolute Gasteiger partial charge is 0.444 e. The minimum atomic E-state index is -0.499. The van der Waals surface area contributed by atoms with Crippen molar-refractivity contribution in [2.45, 2.75) is 59.2 Å². The van der Waals surface area contributed by atoms with Crippen molar-refractivity contribution in [1.82, 2.24) is 14.9 Å². The Bertz CT molecular complexity index is 503. The molecule has 1 unspecified atom stereocenters. The summed E-state index contributed by atoms with van der Waals surface area (Å²) < 4.78 is 7.24. The number of hydrogen-bond acceptors (Lipinski definition) is 3. The average molecular weight is 277 g/mol. The molecule has 1 aromatic heterocycles. The number of rotatable bonds is 4. The van der Waals surface area contributed by atoms with Gasteiger partial charge in [0.15, 0.2) is 0 Å². The number of nitrogens with one attached hydrogen (secondary N) is 1. The number of carbonyl (C=O) groups excluding carboxylic acids is 1. The van der Waals surface area contributed by atoms with Gasteiger partial charge in [-0.15, -0.1) is 11.8 Å². The molecular formula is C15H23N3O2. The number of imidazole rings is 1. The van der Waals surface area contributed by atoms with E-state index in [0.717, 1.165) is 18.7 Å². The molecule has 1 heterocycles. The summed E-state index contributed by atoms with van der Waals surface area (Å²) in [5.74, 6) is 5.88. The van der Waals surface area contributed by atoms with Gasteiger partial charge in [0, 0.05) is 13.0 Å². The van der Waals surface area contributed by atoms with E-state index in [-0.39, 0.29) is 6.04 Å². The molecule has 5 heteroatoms. The zero-order valence-electron chi connectivity index (χ0n) is 12.9. The molecule has 0 aliphatic rings. The van der Waals surface area contributed by atoms with E-state index in [1.54, 1.807) is 12.5 Å². The third-order valence-electron chi connectivity index (χ3n) is 2.58. The predicted molar refractivity (Wildman–Crippen MR) is 78.1 cm³/mol. The summed E-state index contributed by atoms with van der Waals surface area (Å²) in [6, 6.07) is -0.165. The molecule has 0 radical (unpaired) electrons. The Labute approximate surface area is 120 Å². The van der Waals surface area contributed by atoms with Crippen LogP contribution in [0.3, 0.4) is 0 Å². The highest BCUT2D eigenvalue weighted by Crippen LogP contribution is 2.14. The molecule has 1 N–H and O–H groups in total. The Morgan fingerprint density at radius 2 is 2.25 bits per heavy atom. The van der Waals surface area contributed by atoms with Crippen LogP contribution in [0.25, 0.3) is 0 Å². The smallest absolute Gasteiger partial charge is 0.408 e. The fourth-order valence-electron chi connectivity index (χ4n) is 1.74. The Hall–Kier alpha value is -1.96. The monoisotopic (exact) mass is 277 g/mol. The number of carbonyl (C=O) groups is 1. The van der Waals surface area contributed by atoms with Gasteiger partial charge < -0.3 is 14.6 Å². The quantitative estimate of drug-likeness (QED) is 0.861. The van der Waals surface area contributed by atoms with E-state index >= 15 is 0 Å². The van der Waals surface area contributed by atoms with E-state index < -0.39 is 11.7 Å². The van der Waals surface area contributed by atoms with Gasteiger partial charge >= 0.3 is 6.09 Å². The number of aryl methyl sites for hydroxylation is 1. The van der Waals surface area contributed by atoms with Gasteiger partial charge in [-0.1, -0.05) is 0 Å². The highest BCUT2D eigenvalue weighted by atomic mass is 16.6. The van der Waals surface area contributed by atoms with Gasteiger partial charge in [-0.3, -0.25) is 0 Å². The van der Waals surface area contributed by atoms with Gasteiger partial charge in [-0.25, -0.2) is 9.78 Å². The van der Waals surface area contributed by atoms with Crippen molar-refractivity contribution < 1.29 is 9.53 Å². The fourth-order valence-corrected chi connectivity index (χ4v) is 1.74. The predicted octanol–water partition coefficient (Wildman–Crippen LogP) is 2.88. The van der Waals surface area contributed by atoms with E-state index in [0.29, 0.717) is 0 Å². The maximum atomic E-state index is 11.8.